The van der Waals surface area contributed by atoms with Crippen molar-refractivity contribution in [1.82, 2.24) is 9.55 Å². The Bertz CT molecular complexity index is 600. The first kappa shape index (κ1) is 17.3. The van der Waals surface area contributed by atoms with Gasteiger partial charge in [-0.25, -0.2) is 4.79 Å². The minimum Gasteiger partial charge on any atom is -0.394 e. The van der Waals surface area contributed by atoms with E-state index in [0.717, 1.165) is 30.5 Å². The number of rotatable bonds is 3. The molecule has 8 heteroatoms. The molecule has 0 radical (unpaired) electrons. The van der Waals surface area contributed by atoms with E-state index in [4.69, 9.17) is 9.84 Å². The first-order valence-electron chi connectivity index (χ1n) is 8.58. The van der Waals surface area contributed by atoms with E-state index in [1.165, 1.54) is 25.5 Å². The highest BCUT2D eigenvalue weighted by Gasteiger charge is 2.43. The number of aliphatic hydroxyl groups excluding tert-OH is 3. The van der Waals surface area contributed by atoms with Crippen molar-refractivity contribution in [3.05, 3.63) is 22.7 Å². The molecule has 2 fully saturated rings. The van der Waals surface area contributed by atoms with Gasteiger partial charge in [0.05, 0.1) is 6.61 Å². The second kappa shape index (κ2) is 7.60. The van der Waals surface area contributed by atoms with Gasteiger partial charge >= 0.3 is 5.69 Å². The minimum atomic E-state index is -1.28. The Labute approximate surface area is 140 Å². The number of anilines is 1. The summed E-state index contributed by atoms with van der Waals surface area (Å²) < 4.78 is 6.55. The van der Waals surface area contributed by atoms with E-state index in [9.17, 15) is 15.0 Å². The van der Waals surface area contributed by atoms with Crippen LogP contribution >= 0.6 is 0 Å². The molecule has 4 unspecified atom stereocenters. The minimum absolute atomic E-state index is 0.428. The Hall–Kier alpha value is -1.48. The monoisotopic (exact) mass is 339 g/mol. The maximum atomic E-state index is 12.4. The molecule has 0 amide bonds. The molecule has 24 heavy (non-hydrogen) atoms. The van der Waals surface area contributed by atoms with E-state index >= 15 is 0 Å². The maximum Gasteiger partial charge on any atom is 0.351 e. The van der Waals surface area contributed by atoms with Crippen molar-refractivity contribution in [1.29, 1.82) is 0 Å². The summed E-state index contributed by atoms with van der Waals surface area (Å²) in [4.78, 5) is 18.6. The lowest BCUT2D eigenvalue weighted by Gasteiger charge is -2.26. The van der Waals surface area contributed by atoms with Crippen LogP contribution < -0.4 is 10.6 Å². The van der Waals surface area contributed by atoms with Gasteiger partial charge in [-0.05, 0) is 18.9 Å². The van der Waals surface area contributed by atoms with Crippen LogP contribution in [0.15, 0.2) is 17.1 Å². The van der Waals surface area contributed by atoms with Gasteiger partial charge in [-0.15, -0.1) is 0 Å². The van der Waals surface area contributed by atoms with E-state index in [1.54, 1.807) is 6.07 Å². The summed E-state index contributed by atoms with van der Waals surface area (Å²) in [5.41, 5.74) is -0.538. The van der Waals surface area contributed by atoms with Crippen LogP contribution in [0.25, 0.3) is 0 Å². The van der Waals surface area contributed by atoms with Crippen molar-refractivity contribution < 1.29 is 20.1 Å². The SMILES string of the molecule is O=c1nc(N2CCCCCCC2)ccn1C1OC(CO)C(O)C1O. The molecule has 0 aliphatic carbocycles. The van der Waals surface area contributed by atoms with Crippen molar-refractivity contribution in [3.8, 4) is 0 Å². The zero-order valence-electron chi connectivity index (χ0n) is 13.6. The topological polar surface area (TPSA) is 108 Å². The zero-order chi connectivity index (χ0) is 17.1. The highest BCUT2D eigenvalue weighted by Crippen LogP contribution is 2.28. The molecule has 2 aliphatic heterocycles. The van der Waals surface area contributed by atoms with Crippen LogP contribution in [-0.2, 0) is 4.74 Å². The molecule has 3 N–H and O–H groups in total. The first-order valence-corrected chi connectivity index (χ1v) is 8.58. The van der Waals surface area contributed by atoms with Gasteiger partial charge in [0.1, 0.15) is 24.1 Å². The Morgan fingerprint density at radius 2 is 1.79 bits per heavy atom. The van der Waals surface area contributed by atoms with Crippen molar-refractivity contribution in [3.63, 3.8) is 0 Å². The lowest BCUT2D eigenvalue weighted by molar-refractivity contribution is -0.0549. The Kier molecular flexibility index (Phi) is 5.50. The Morgan fingerprint density at radius 1 is 1.12 bits per heavy atom. The van der Waals surface area contributed by atoms with Crippen LogP contribution in [0.3, 0.4) is 0 Å². The van der Waals surface area contributed by atoms with Gasteiger partial charge in [0.2, 0.25) is 0 Å². The number of hydrogen-bond donors (Lipinski definition) is 3. The molecule has 1 aromatic heterocycles. The van der Waals surface area contributed by atoms with E-state index < -0.39 is 36.8 Å². The van der Waals surface area contributed by atoms with Crippen LogP contribution in [-0.4, -0.2) is 62.9 Å². The standard InChI is InChI=1S/C16H25N3O5/c20-10-11-13(21)14(22)15(24-11)19-9-6-12(17-16(19)23)18-7-4-2-1-3-5-8-18/h6,9,11,13-15,20-22H,1-5,7-8,10H2. The van der Waals surface area contributed by atoms with Gasteiger partial charge in [-0.1, -0.05) is 19.3 Å². The molecule has 0 bridgehead atoms. The lowest BCUT2D eigenvalue weighted by atomic mass is 10.1. The molecule has 134 valence electrons. The third kappa shape index (κ3) is 3.46. The normalized spacial score (nSPS) is 31.7. The largest absolute Gasteiger partial charge is 0.394 e. The van der Waals surface area contributed by atoms with E-state index in [-0.39, 0.29) is 0 Å². The van der Waals surface area contributed by atoms with Crippen LogP contribution in [0.2, 0.25) is 0 Å². The molecule has 0 spiro atoms. The molecule has 4 atom stereocenters. The van der Waals surface area contributed by atoms with Crippen LogP contribution in [0.1, 0.15) is 38.3 Å². The predicted molar refractivity (Wildman–Crippen MR) is 86.8 cm³/mol. The van der Waals surface area contributed by atoms with Crippen molar-refractivity contribution in [2.24, 2.45) is 0 Å². The quantitative estimate of drug-likeness (QED) is 0.689. The fraction of sp³-hybridized carbons (Fsp3) is 0.750. The zero-order valence-corrected chi connectivity index (χ0v) is 13.6. The summed E-state index contributed by atoms with van der Waals surface area (Å²) in [6.07, 6.45) is 2.86. The Balaban J connectivity index is 1.78. The summed E-state index contributed by atoms with van der Waals surface area (Å²) in [5.74, 6) is 0.630. The maximum absolute atomic E-state index is 12.4. The Morgan fingerprint density at radius 3 is 2.38 bits per heavy atom. The number of hydrogen-bond acceptors (Lipinski definition) is 7. The van der Waals surface area contributed by atoms with Gasteiger partial charge in [-0.3, -0.25) is 4.57 Å². The fourth-order valence-corrected chi connectivity index (χ4v) is 3.36. The number of aliphatic hydroxyl groups is 3. The van der Waals surface area contributed by atoms with Gasteiger partial charge < -0.3 is 25.0 Å². The summed E-state index contributed by atoms with van der Waals surface area (Å²) in [5, 5.41) is 29.0. The molecule has 8 nitrogen and oxygen atoms in total. The molecular weight excluding hydrogens is 314 g/mol. The third-order valence-electron chi connectivity index (χ3n) is 4.79. The predicted octanol–water partition coefficient (Wildman–Crippen LogP) is -0.375. The average molecular weight is 339 g/mol. The molecule has 3 heterocycles. The summed E-state index contributed by atoms with van der Waals surface area (Å²) in [6, 6.07) is 1.73. The van der Waals surface area contributed by atoms with E-state index in [0.29, 0.717) is 5.82 Å². The summed E-state index contributed by atoms with van der Waals surface area (Å²) >= 11 is 0. The highest BCUT2D eigenvalue weighted by atomic mass is 16.6. The van der Waals surface area contributed by atoms with Gasteiger partial charge in [0.15, 0.2) is 6.23 Å². The second-order valence-corrected chi connectivity index (χ2v) is 6.46. The molecule has 1 aromatic rings. The average Bonchev–Trinajstić information content (AvgIpc) is 2.82. The second-order valence-electron chi connectivity index (χ2n) is 6.46. The van der Waals surface area contributed by atoms with E-state index in [1.807, 2.05) is 0 Å². The van der Waals surface area contributed by atoms with Crippen LogP contribution in [0.5, 0.6) is 0 Å². The van der Waals surface area contributed by atoms with Crippen molar-refractivity contribution in [2.45, 2.75) is 56.6 Å². The molecule has 2 saturated heterocycles. The van der Waals surface area contributed by atoms with Crippen molar-refractivity contribution in [2.75, 3.05) is 24.6 Å². The summed E-state index contributed by atoms with van der Waals surface area (Å²) in [7, 11) is 0. The highest BCUT2D eigenvalue weighted by molar-refractivity contribution is 5.36. The molecular formula is C16H25N3O5. The van der Waals surface area contributed by atoms with E-state index in [2.05, 4.69) is 9.88 Å². The fourth-order valence-electron chi connectivity index (χ4n) is 3.36. The number of aromatic nitrogens is 2. The smallest absolute Gasteiger partial charge is 0.351 e. The van der Waals surface area contributed by atoms with Crippen LogP contribution in [0, 0.1) is 0 Å². The van der Waals surface area contributed by atoms with Crippen LogP contribution in [0.4, 0.5) is 5.82 Å². The third-order valence-corrected chi connectivity index (χ3v) is 4.79. The lowest BCUT2D eigenvalue weighted by Crippen LogP contribution is -2.37. The van der Waals surface area contributed by atoms with Crippen molar-refractivity contribution >= 4 is 5.82 Å². The number of nitrogens with zero attached hydrogens (tertiary/aromatic N) is 3. The molecule has 2 aliphatic rings. The number of ether oxygens (including phenoxy) is 1. The molecule has 0 saturated carbocycles. The van der Waals surface area contributed by atoms with Gasteiger partial charge in [0.25, 0.3) is 0 Å². The summed E-state index contributed by atoms with van der Waals surface area (Å²) in [6.45, 7) is 1.33. The van der Waals surface area contributed by atoms with Gasteiger partial charge in [0, 0.05) is 19.3 Å². The first-order chi connectivity index (χ1) is 11.6. The molecule has 0 aromatic carbocycles. The molecule has 3 rings (SSSR count). The van der Waals surface area contributed by atoms with Gasteiger partial charge in [-0.2, -0.15) is 4.98 Å².